The van der Waals surface area contributed by atoms with E-state index in [-0.39, 0.29) is 73.7 Å². The summed E-state index contributed by atoms with van der Waals surface area (Å²) in [6.45, 7) is 15.8. The monoisotopic (exact) mass is 764 g/mol. The van der Waals surface area contributed by atoms with Gasteiger partial charge in [0.1, 0.15) is 12.4 Å². The van der Waals surface area contributed by atoms with E-state index in [9.17, 15) is 29.4 Å². The van der Waals surface area contributed by atoms with E-state index in [0.29, 0.717) is 62.3 Å². The van der Waals surface area contributed by atoms with E-state index < -0.39 is 30.2 Å². The van der Waals surface area contributed by atoms with Gasteiger partial charge in [0, 0.05) is 25.2 Å². The molecular weight excluding hydrogens is 712 g/mol. The molecule has 0 aliphatic carbocycles. The van der Waals surface area contributed by atoms with Gasteiger partial charge in [-0.15, -0.1) is 0 Å². The molecule has 2 heterocycles. The topological polar surface area (TPSA) is 185 Å². The van der Waals surface area contributed by atoms with Gasteiger partial charge in [-0.2, -0.15) is 0 Å². The first-order valence-electron chi connectivity index (χ1n) is 18.2. The Morgan fingerprint density at radius 1 is 0.782 bits per heavy atom. The molecular formula is C40H52N4O11. The lowest BCUT2D eigenvalue weighted by molar-refractivity contribution is 0.0674. The average molecular weight is 765 g/mol. The van der Waals surface area contributed by atoms with E-state index in [1.165, 1.54) is 30.2 Å². The normalized spacial score (nSPS) is 16.5. The number of hydrogen-bond acceptors (Lipinski definition) is 11. The summed E-state index contributed by atoms with van der Waals surface area (Å²) < 4.78 is 27.8. The number of hydrogen-bond donors (Lipinski definition) is 4. The second-order valence-corrected chi connectivity index (χ2v) is 13.3. The molecule has 4 amide bonds. The van der Waals surface area contributed by atoms with E-state index in [0.717, 1.165) is 11.1 Å². The van der Waals surface area contributed by atoms with Crippen molar-refractivity contribution in [1.82, 2.24) is 9.80 Å². The van der Waals surface area contributed by atoms with Crippen LogP contribution >= 0.6 is 0 Å². The van der Waals surface area contributed by atoms with Crippen molar-refractivity contribution < 1.29 is 53.1 Å². The Labute approximate surface area is 321 Å². The lowest BCUT2D eigenvalue weighted by Crippen LogP contribution is -2.38. The number of unbranched alkanes of at least 4 members (excludes halogenated alkanes) is 2. The van der Waals surface area contributed by atoms with Gasteiger partial charge in [-0.3, -0.25) is 20.2 Å². The first kappa shape index (κ1) is 42.2. The number of aryl methyl sites for hydroxylation is 1. The van der Waals surface area contributed by atoms with Crippen molar-refractivity contribution in [3.05, 3.63) is 77.9 Å². The summed E-state index contributed by atoms with van der Waals surface area (Å²) in [4.78, 5) is 55.2. The van der Waals surface area contributed by atoms with Crippen molar-refractivity contribution >= 4 is 35.4 Å². The third kappa shape index (κ3) is 11.0. The molecule has 2 aliphatic heterocycles. The van der Waals surface area contributed by atoms with Crippen molar-refractivity contribution in [2.24, 2.45) is 0 Å². The van der Waals surface area contributed by atoms with Crippen LogP contribution in [0.4, 0.5) is 21.0 Å². The number of likely N-dealkylation sites (tertiary alicyclic amines) is 2. The molecule has 55 heavy (non-hydrogen) atoms. The van der Waals surface area contributed by atoms with Crippen LogP contribution in [-0.2, 0) is 9.47 Å². The zero-order chi connectivity index (χ0) is 40.1. The molecule has 4 N–H and O–H groups in total. The van der Waals surface area contributed by atoms with Crippen molar-refractivity contribution in [3.8, 4) is 17.2 Å². The molecule has 2 saturated heterocycles. The summed E-state index contributed by atoms with van der Waals surface area (Å²) in [5.74, 6) is 0.297. The zero-order valence-corrected chi connectivity index (χ0v) is 31.8. The second-order valence-electron chi connectivity index (χ2n) is 13.3. The predicted molar refractivity (Wildman–Crippen MR) is 206 cm³/mol. The lowest BCUT2D eigenvalue weighted by atomic mass is 10.1. The highest BCUT2D eigenvalue weighted by Crippen LogP contribution is 2.36. The summed E-state index contributed by atoms with van der Waals surface area (Å²) in [6, 6.07) is 5.42. The van der Waals surface area contributed by atoms with Crippen LogP contribution in [0.2, 0.25) is 0 Å². The van der Waals surface area contributed by atoms with Crippen LogP contribution in [0, 0.1) is 6.92 Å². The molecule has 2 aliphatic rings. The van der Waals surface area contributed by atoms with E-state index in [4.69, 9.17) is 23.7 Å². The fourth-order valence-corrected chi connectivity index (χ4v) is 6.41. The smallest absolute Gasteiger partial charge is 0.411 e. The minimum atomic E-state index is -0.789. The molecule has 0 spiro atoms. The molecule has 0 unspecified atom stereocenters. The number of nitrogens with zero attached hydrogens (tertiary/aromatic N) is 2. The van der Waals surface area contributed by atoms with Gasteiger partial charge in [0.15, 0.2) is 11.5 Å². The summed E-state index contributed by atoms with van der Waals surface area (Å²) >= 11 is 0. The number of amides is 4. The van der Waals surface area contributed by atoms with Crippen LogP contribution in [-0.4, -0.2) is 116 Å². The van der Waals surface area contributed by atoms with Crippen LogP contribution in [0.3, 0.4) is 0 Å². The highest BCUT2D eigenvalue weighted by molar-refractivity contribution is 6.05. The van der Waals surface area contributed by atoms with Crippen LogP contribution in [0.25, 0.3) is 0 Å². The highest BCUT2D eigenvalue weighted by Gasteiger charge is 2.34. The molecule has 4 rings (SSSR count). The predicted octanol–water partition coefficient (Wildman–Crippen LogP) is 5.46. The molecule has 15 heteroatoms. The minimum absolute atomic E-state index is 0.0333. The Hall–Kier alpha value is -5.54. The van der Waals surface area contributed by atoms with E-state index in [2.05, 4.69) is 30.4 Å². The average Bonchev–Trinajstić information content (AvgIpc) is 3.75. The summed E-state index contributed by atoms with van der Waals surface area (Å²) in [6.07, 6.45) is 2.88. The molecule has 2 atom stereocenters. The molecule has 298 valence electrons. The molecule has 2 aromatic rings. The summed E-state index contributed by atoms with van der Waals surface area (Å²) in [5, 5.41) is 25.0. The van der Waals surface area contributed by atoms with Gasteiger partial charge in [-0.25, -0.2) is 9.59 Å². The quantitative estimate of drug-likeness (QED) is 0.112. The van der Waals surface area contributed by atoms with Crippen LogP contribution in [0.1, 0.15) is 65.3 Å². The largest absolute Gasteiger partial charge is 0.493 e. The fourth-order valence-electron chi connectivity index (χ4n) is 6.41. The molecule has 0 bridgehead atoms. The second kappa shape index (κ2) is 20.2. The standard InChI is InChI=1S/C40H52N4O11/c1-7-12-55-40(50)42-33-20-36(35(51-6)18-31(33)38(48)44-22-26(4)16-29(44)24-46)54-14-11-9-10-13-53-34-19-32(41-39(49)52-8-2)30(17-27(34)5)37(47)43-21-25(3)15-28(43)23-45/h7,17-20,28-29,45-46H,1,3-4,8-16,21-24H2,2,5-6H3,(H,41,49)(H,42,50)/t28-,29-/m0/s1. The summed E-state index contributed by atoms with van der Waals surface area (Å²) in [7, 11) is 1.45. The number of aliphatic hydroxyl groups excluding tert-OH is 2. The number of carbonyl (C=O) groups excluding carboxylic acids is 4. The number of methoxy groups -OCH3 is 1. The summed E-state index contributed by atoms with van der Waals surface area (Å²) in [5.41, 5.74) is 3.10. The van der Waals surface area contributed by atoms with Gasteiger partial charge in [0.25, 0.3) is 11.8 Å². The molecule has 0 saturated carbocycles. The SMILES string of the molecule is C=CCOC(=O)Nc1cc(OCCCCCOc2cc(NC(=O)OCC)c(C(=O)N3CC(=C)C[C@H]3CO)cc2C)c(OC)cc1C(=O)N1CC(=C)C[C@H]1CO. The van der Waals surface area contributed by atoms with Gasteiger partial charge in [-0.1, -0.05) is 37.0 Å². The van der Waals surface area contributed by atoms with Crippen LogP contribution < -0.4 is 24.8 Å². The number of rotatable bonds is 18. The Kier molecular flexibility index (Phi) is 15.5. The Balaban J connectivity index is 1.40. The van der Waals surface area contributed by atoms with Crippen molar-refractivity contribution in [2.75, 3.05) is 70.5 Å². The lowest BCUT2D eigenvalue weighted by Gasteiger charge is -2.25. The third-order valence-corrected chi connectivity index (χ3v) is 9.13. The Morgan fingerprint density at radius 3 is 1.80 bits per heavy atom. The Bertz CT molecular complexity index is 1760. The molecule has 15 nitrogen and oxygen atoms in total. The number of anilines is 2. The van der Waals surface area contributed by atoms with Crippen molar-refractivity contribution in [2.45, 2.75) is 58.0 Å². The first-order chi connectivity index (χ1) is 26.4. The van der Waals surface area contributed by atoms with E-state index in [1.54, 1.807) is 24.0 Å². The molecule has 0 aromatic heterocycles. The van der Waals surface area contributed by atoms with Crippen molar-refractivity contribution in [1.29, 1.82) is 0 Å². The maximum atomic E-state index is 13.7. The minimum Gasteiger partial charge on any atom is -0.493 e. The number of aliphatic hydroxyl groups is 2. The van der Waals surface area contributed by atoms with Gasteiger partial charge in [0.2, 0.25) is 0 Å². The third-order valence-electron chi connectivity index (χ3n) is 9.13. The molecule has 2 fully saturated rings. The zero-order valence-electron chi connectivity index (χ0n) is 31.8. The first-order valence-corrected chi connectivity index (χ1v) is 18.2. The van der Waals surface area contributed by atoms with Crippen LogP contribution in [0.15, 0.2) is 61.2 Å². The number of ether oxygens (including phenoxy) is 5. The highest BCUT2D eigenvalue weighted by atomic mass is 16.6. The van der Waals surface area contributed by atoms with Gasteiger partial charge in [0.05, 0.1) is 74.7 Å². The van der Waals surface area contributed by atoms with E-state index in [1.807, 2.05) is 6.92 Å². The number of nitrogens with one attached hydrogen (secondary N) is 2. The van der Waals surface area contributed by atoms with E-state index >= 15 is 0 Å². The molecule has 0 radical (unpaired) electrons. The van der Waals surface area contributed by atoms with Gasteiger partial charge >= 0.3 is 12.2 Å². The van der Waals surface area contributed by atoms with Gasteiger partial charge in [-0.05, 0) is 63.6 Å². The maximum absolute atomic E-state index is 13.7. The van der Waals surface area contributed by atoms with Crippen LogP contribution in [0.5, 0.6) is 17.2 Å². The fraction of sp³-hybridized carbons (Fsp3) is 0.450. The number of benzene rings is 2. The van der Waals surface area contributed by atoms with Crippen molar-refractivity contribution in [3.63, 3.8) is 0 Å². The Morgan fingerprint density at radius 2 is 1.29 bits per heavy atom. The number of carbonyl (C=O) groups is 4. The van der Waals surface area contributed by atoms with Gasteiger partial charge < -0.3 is 43.7 Å². The molecule has 2 aromatic carbocycles. The maximum Gasteiger partial charge on any atom is 0.411 e.